The number of nitrogens with zero attached hydrogens (tertiary/aromatic N) is 1. The average Bonchev–Trinajstić information content (AvgIpc) is 3.74. The first-order valence-electron chi connectivity index (χ1n) is 19.9. The summed E-state index contributed by atoms with van der Waals surface area (Å²) in [6, 6.07) is 60.7. The second-order valence-corrected chi connectivity index (χ2v) is 16.5. The Morgan fingerprint density at radius 3 is 1.76 bits per heavy atom. The zero-order valence-electron chi connectivity index (χ0n) is 30.3. The van der Waals surface area contributed by atoms with Gasteiger partial charge in [-0.25, -0.2) is 0 Å². The summed E-state index contributed by atoms with van der Waals surface area (Å²) >= 11 is 0. The van der Waals surface area contributed by atoms with Gasteiger partial charge in [-0.15, -0.1) is 0 Å². The van der Waals surface area contributed by atoms with Crippen LogP contribution in [0.5, 0.6) is 0 Å². The first-order chi connectivity index (χ1) is 26.7. The summed E-state index contributed by atoms with van der Waals surface area (Å²) in [5, 5.41) is 2.30. The van der Waals surface area contributed by atoms with Gasteiger partial charge in [0.15, 0.2) is 0 Å². The van der Waals surface area contributed by atoms with Crippen LogP contribution in [0.1, 0.15) is 43.2 Å². The van der Waals surface area contributed by atoms with Crippen LogP contribution < -0.4 is 4.90 Å². The molecular formula is C52H41NO. The first kappa shape index (κ1) is 30.6. The van der Waals surface area contributed by atoms with E-state index in [0.717, 1.165) is 57.0 Å². The molecule has 260 valence electrons. The third kappa shape index (κ3) is 4.34. The molecule has 0 unspecified atom stereocenters. The van der Waals surface area contributed by atoms with Gasteiger partial charge in [-0.3, -0.25) is 0 Å². The zero-order chi connectivity index (χ0) is 35.4. The lowest BCUT2D eigenvalue weighted by molar-refractivity contribution is -0.0399. The molecule has 0 aliphatic heterocycles. The number of rotatable bonds is 5. The minimum absolute atomic E-state index is 0.113. The van der Waals surface area contributed by atoms with Crippen LogP contribution in [0, 0.1) is 23.7 Å². The Bertz CT molecular complexity index is 2690. The molecule has 1 heterocycles. The van der Waals surface area contributed by atoms with Gasteiger partial charge in [-0.05, 0) is 137 Å². The Morgan fingerprint density at radius 1 is 0.444 bits per heavy atom. The van der Waals surface area contributed by atoms with Crippen molar-refractivity contribution in [2.24, 2.45) is 23.7 Å². The maximum atomic E-state index is 6.33. The molecule has 2 heteroatoms. The molecule has 8 aromatic rings. The molecule has 2 nitrogen and oxygen atoms in total. The lowest BCUT2D eigenvalue weighted by Crippen LogP contribution is -2.55. The molecule has 4 fully saturated rings. The standard InChI is InChI=1S/C52H41NO/c1-2-9-35(10-3-1)36-17-19-37(20-18-36)38-21-23-41(24-22-38)53(42-25-26-50-45(32-42)43-11-5-7-16-49(43)54-50)48-15-8-14-47-51(48)44-12-4-6-13-46(44)52(47)39-28-33-27-34(30-39)31-40(52)29-33/h1-26,32-34,39-40H,27-31H2. The molecule has 54 heavy (non-hydrogen) atoms. The van der Waals surface area contributed by atoms with Gasteiger partial charge in [-0.1, -0.05) is 121 Å². The van der Waals surface area contributed by atoms with Crippen LogP contribution in [0.4, 0.5) is 17.1 Å². The van der Waals surface area contributed by atoms with Crippen molar-refractivity contribution in [3.8, 4) is 33.4 Å². The molecule has 7 aromatic carbocycles. The van der Waals surface area contributed by atoms with Gasteiger partial charge in [0.25, 0.3) is 0 Å². The van der Waals surface area contributed by atoms with Gasteiger partial charge in [0.2, 0.25) is 0 Å². The van der Waals surface area contributed by atoms with Crippen molar-refractivity contribution in [3.05, 3.63) is 175 Å². The predicted molar refractivity (Wildman–Crippen MR) is 223 cm³/mol. The Hall–Kier alpha value is -5.86. The van der Waals surface area contributed by atoms with Crippen molar-refractivity contribution < 1.29 is 4.42 Å². The highest BCUT2D eigenvalue weighted by atomic mass is 16.3. The van der Waals surface area contributed by atoms with E-state index in [1.54, 1.807) is 11.1 Å². The van der Waals surface area contributed by atoms with E-state index < -0.39 is 0 Å². The average molecular weight is 696 g/mol. The van der Waals surface area contributed by atoms with Crippen molar-refractivity contribution in [1.82, 2.24) is 0 Å². The Labute approximate surface area is 316 Å². The third-order valence-corrected chi connectivity index (χ3v) is 13.9. The molecule has 0 N–H and O–H groups in total. The summed E-state index contributed by atoms with van der Waals surface area (Å²) in [4.78, 5) is 2.52. The zero-order valence-corrected chi connectivity index (χ0v) is 30.3. The molecule has 0 saturated heterocycles. The predicted octanol–water partition coefficient (Wildman–Crippen LogP) is 14.1. The Morgan fingerprint density at radius 2 is 1.02 bits per heavy atom. The van der Waals surface area contributed by atoms with Gasteiger partial charge in [0.1, 0.15) is 11.2 Å². The highest BCUT2D eigenvalue weighted by molar-refractivity contribution is 6.07. The van der Waals surface area contributed by atoms with Crippen LogP contribution in [-0.4, -0.2) is 0 Å². The molecule has 4 bridgehead atoms. The van der Waals surface area contributed by atoms with Gasteiger partial charge in [0, 0.05) is 33.1 Å². The number of furan rings is 1. The van der Waals surface area contributed by atoms with Gasteiger partial charge in [0.05, 0.1) is 5.69 Å². The minimum Gasteiger partial charge on any atom is -0.456 e. The van der Waals surface area contributed by atoms with Crippen LogP contribution in [0.25, 0.3) is 55.3 Å². The summed E-state index contributed by atoms with van der Waals surface area (Å²) in [5.74, 6) is 3.28. The number of para-hydroxylation sites is 1. The smallest absolute Gasteiger partial charge is 0.135 e. The summed E-state index contributed by atoms with van der Waals surface area (Å²) in [5.41, 5.74) is 16.5. The van der Waals surface area contributed by atoms with Gasteiger partial charge < -0.3 is 9.32 Å². The summed E-state index contributed by atoms with van der Waals surface area (Å²) in [6.45, 7) is 0. The fraction of sp³-hybridized carbons (Fsp3) is 0.192. The van der Waals surface area contributed by atoms with Crippen LogP contribution in [0.15, 0.2) is 168 Å². The number of fused-ring (bicyclic) bond motifs is 6. The third-order valence-electron chi connectivity index (χ3n) is 13.9. The lowest BCUT2D eigenvalue weighted by Gasteiger charge is -2.61. The SMILES string of the molecule is c1ccc(-c2ccc(-c3ccc(N(c4ccc5oc6ccccc6c5c4)c4cccc5c4-c4ccccc4C54C5CC6CC(C5)CC4C6)cc3)cc2)cc1. The van der Waals surface area contributed by atoms with Crippen molar-refractivity contribution >= 4 is 39.0 Å². The number of benzene rings is 7. The van der Waals surface area contributed by atoms with E-state index in [1.165, 1.54) is 71.2 Å². The monoisotopic (exact) mass is 695 g/mol. The molecule has 1 spiro atoms. The van der Waals surface area contributed by atoms with Crippen LogP contribution in [-0.2, 0) is 5.41 Å². The first-order valence-corrected chi connectivity index (χ1v) is 19.9. The molecule has 5 aliphatic rings. The lowest BCUT2D eigenvalue weighted by atomic mass is 9.43. The second-order valence-electron chi connectivity index (χ2n) is 16.5. The maximum Gasteiger partial charge on any atom is 0.135 e. The molecule has 5 aliphatic carbocycles. The maximum absolute atomic E-state index is 6.33. The number of hydrogen-bond donors (Lipinski definition) is 0. The van der Waals surface area contributed by atoms with E-state index >= 15 is 0 Å². The van der Waals surface area contributed by atoms with Crippen molar-refractivity contribution in [2.45, 2.75) is 37.5 Å². The molecular weight excluding hydrogens is 655 g/mol. The van der Waals surface area contributed by atoms with E-state index in [-0.39, 0.29) is 5.41 Å². The molecule has 13 rings (SSSR count). The molecule has 0 amide bonds. The van der Waals surface area contributed by atoms with E-state index in [9.17, 15) is 0 Å². The van der Waals surface area contributed by atoms with Crippen LogP contribution in [0.2, 0.25) is 0 Å². The summed E-state index contributed by atoms with van der Waals surface area (Å²) < 4.78 is 6.33. The number of anilines is 3. The van der Waals surface area contributed by atoms with Crippen molar-refractivity contribution in [3.63, 3.8) is 0 Å². The Kier molecular flexibility index (Phi) is 6.55. The number of hydrogen-bond acceptors (Lipinski definition) is 2. The van der Waals surface area contributed by atoms with Crippen LogP contribution >= 0.6 is 0 Å². The topological polar surface area (TPSA) is 16.4 Å². The fourth-order valence-electron chi connectivity index (χ4n) is 11.9. The van der Waals surface area contributed by atoms with E-state index in [2.05, 4.69) is 169 Å². The fourth-order valence-corrected chi connectivity index (χ4v) is 11.9. The van der Waals surface area contributed by atoms with E-state index in [0.29, 0.717) is 0 Å². The normalized spacial score (nSPS) is 23.3. The van der Waals surface area contributed by atoms with Gasteiger partial charge >= 0.3 is 0 Å². The van der Waals surface area contributed by atoms with Crippen molar-refractivity contribution in [1.29, 1.82) is 0 Å². The largest absolute Gasteiger partial charge is 0.456 e. The summed E-state index contributed by atoms with van der Waals surface area (Å²) in [7, 11) is 0. The van der Waals surface area contributed by atoms with Crippen molar-refractivity contribution in [2.75, 3.05) is 4.90 Å². The Balaban J connectivity index is 1.03. The van der Waals surface area contributed by atoms with E-state index in [4.69, 9.17) is 4.42 Å². The quantitative estimate of drug-likeness (QED) is 0.178. The second kappa shape index (κ2) is 11.6. The highest BCUT2D eigenvalue weighted by Crippen LogP contribution is 2.70. The molecule has 0 atom stereocenters. The van der Waals surface area contributed by atoms with Gasteiger partial charge in [-0.2, -0.15) is 0 Å². The molecule has 4 saturated carbocycles. The van der Waals surface area contributed by atoms with E-state index in [1.807, 2.05) is 0 Å². The molecule has 0 radical (unpaired) electrons. The summed E-state index contributed by atoms with van der Waals surface area (Å²) in [6.07, 6.45) is 6.99. The highest BCUT2D eigenvalue weighted by Gasteiger charge is 2.61. The minimum atomic E-state index is 0.113. The molecule has 1 aromatic heterocycles. The van der Waals surface area contributed by atoms with Crippen LogP contribution in [0.3, 0.4) is 0 Å².